The van der Waals surface area contributed by atoms with Gasteiger partial charge in [-0.3, -0.25) is 9.78 Å². The lowest BCUT2D eigenvalue weighted by Gasteiger charge is -2.01. The summed E-state index contributed by atoms with van der Waals surface area (Å²) in [6, 6.07) is 3.13. The van der Waals surface area contributed by atoms with Crippen molar-refractivity contribution in [3.8, 4) is 0 Å². The molecule has 0 unspecified atom stereocenters. The number of nitrogens with zero attached hydrogens (tertiary/aromatic N) is 1. The van der Waals surface area contributed by atoms with Crippen LogP contribution in [0.25, 0.3) is 0 Å². The van der Waals surface area contributed by atoms with E-state index in [2.05, 4.69) is 9.72 Å². The minimum Gasteiger partial charge on any atom is -0.389 e. The van der Waals surface area contributed by atoms with E-state index in [1.165, 1.54) is 18.5 Å². The predicted octanol–water partition coefficient (Wildman–Crippen LogP) is 0.504. The SMILES string of the molecule is NCCCC(=O)OC(=O)c1cccnc1. The zero-order valence-electron chi connectivity index (χ0n) is 8.18. The van der Waals surface area contributed by atoms with Crippen molar-refractivity contribution in [3.05, 3.63) is 30.1 Å². The third-order valence-electron chi connectivity index (χ3n) is 1.69. The second-order valence-corrected chi connectivity index (χ2v) is 2.90. The molecule has 1 aromatic heterocycles. The molecule has 0 saturated carbocycles. The predicted molar refractivity (Wildman–Crippen MR) is 52.9 cm³/mol. The van der Waals surface area contributed by atoms with E-state index in [1.54, 1.807) is 6.07 Å². The first-order valence-corrected chi connectivity index (χ1v) is 4.59. The number of aromatic nitrogens is 1. The van der Waals surface area contributed by atoms with Crippen molar-refractivity contribution < 1.29 is 14.3 Å². The van der Waals surface area contributed by atoms with Gasteiger partial charge in [-0.15, -0.1) is 0 Å². The smallest absolute Gasteiger partial charge is 0.347 e. The van der Waals surface area contributed by atoms with Gasteiger partial charge in [0.15, 0.2) is 0 Å². The molecule has 1 heterocycles. The lowest BCUT2D eigenvalue weighted by molar-refractivity contribution is -0.138. The Kier molecular flexibility index (Phi) is 4.43. The van der Waals surface area contributed by atoms with E-state index in [0.717, 1.165) is 0 Å². The van der Waals surface area contributed by atoms with Crippen LogP contribution in [0, 0.1) is 0 Å². The largest absolute Gasteiger partial charge is 0.389 e. The van der Waals surface area contributed by atoms with Gasteiger partial charge in [-0.05, 0) is 25.1 Å². The van der Waals surface area contributed by atoms with Crippen molar-refractivity contribution >= 4 is 11.9 Å². The Morgan fingerprint density at radius 1 is 1.47 bits per heavy atom. The van der Waals surface area contributed by atoms with E-state index in [4.69, 9.17) is 5.73 Å². The van der Waals surface area contributed by atoms with Gasteiger partial charge in [0.2, 0.25) is 0 Å². The van der Waals surface area contributed by atoms with Crippen molar-refractivity contribution in [3.63, 3.8) is 0 Å². The summed E-state index contributed by atoms with van der Waals surface area (Å²) < 4.78 is 4.57. The number of esters is 2. The maximum atomic E-state index is 11.3. The Balaban J connectivity index is 2.46. The molecule has 0 spiro atoms. The third-order valence-corrected chi connectivity index (χ3v) is 1.69. The number of carbonyl (C=O) groups is 2. The molecule has 1 aromatic rings. The van der Waals surface area contributed by atoms with Gasteiger partial charge in [-0.25, -0.2) is 4.79 Å². The highest BCUT2D eigenvalue weighted by Gasteiger charge is 2.11. The lowest BCUT2D eigenvalue weighted by Crippen LogP contribution is -2.13. The maximum Gasteiger partial charge on any atom is 0.347 e. The fourth-order valence-corrected chi connectivity index (χ4v) is 0.943. The summed E-state index contributed by atoms with van der Waals surface area (Å²) in [5, 5.41) is 0. The van der Waals surface area contributed by atoms with Crippen LogP contribution in [0.1, 0.15) is 23.2 Å². The van der Waals surface area contributed by atoms with Gasteiger partial charge in [0.1, 0.15) is 0 Å². The lowest BCUT2D eigenvalue weighted by atomic mass is 10.3. The number of pyridine rings is 1. The molecule has 0 aromatic carbocycles. The van der Waals surface area contributed by atoms with E-state index in [0.29, 0.717) is 13.0 Å². The Bertz CT molecular complexity index is 338. The first-order valence-electron chi connectivity index (χ1n) is 4.59. The summed E-state index contributed by atoms with van der Waals surface area (Å²) >= 11 is 0. The van der Waals surface area contributed by atoms with Crippen LogP contribution in [0.2, 0.25) is 0 Å². The van der Waals surface area contributed by atoms with Crippen LogP contribution in [-0.4, -0.2) is 23.5 Å². The van der Waals surface area contributed by atoms with Gasteiger partial charge in [0, 0.05) is 18.8 Å². The summed E-state index contributed by atoms with van der Waals surface area (Å²) in [5.74, 6) is -1.24. The standard InChI is InChI=1S/C10H12N2O3/c11-5-1-4-9(13)15-10(14)8-3-2-6-12-7-8/h2-3,6-7H,1,4-5,11H2. The minimum absolute atomic E-state index is 0.155. The van der Waals surface area contributed by atoms with Crippen LogP contribution in [0.4, 0.5) is 0 Å². The molecule has 80 valence electrons. The Hall–Kier alpha value is -1.75. The van der Waals surface area contributed by atoms with Crippen molar-refractivity contribution in [2.45, 2.75) is 12.8 Å². The van der Waals surface area contributed by atoms with Gasteiger partial charge in [0.05, 0.1) is 5.56 Å². The molecule has 0 saturated heterocycles. The van der Waals surface area contributed by atoms with Crippen molar-refractivity contribution in [1.29, 1.82) is 0 Å². The third kappa shape index (κ3) is 3.86. The first-order chi connectivity index (χ1) is 7.24. The molecule has 0 aliphatic heterocycles. The van der Waals surface area contributed by atoms with Crippen LogP contribution in [0.3, 0.4) is 0 Å². The quantitative estimate of drug-likeness (QED) is 0.575. The van der Waals surface area contributed by atoms with E-state index < -0.39 is 11.9 Å². The number of carbonyl (C=O) groups excluding carboxylic acids is 2. The molecule has 2 N–H and O–H groups in total. The highest BCUT2D eigenvalue weighted by atomic mass is 16.6. The van der Waals surface area contributed by atoms with Gasteiger partial charge >= 0.3 is 11.9 Å². The highest BCUT2D eigenvalue weighted by Crippen LogP contribution is 2.01. The monoisotopic (exact) mass is 208 g/mol. The van der Waals surface area contributed by atoms with Crippen molar-refractivity contribution in [2.75, 3.05) is 6.54 Å². The summed E-state index contributed by atoms with van der Waals surface area (Å²) in [5.41, 5.74) is 5.48. The molecule has 0 amide bonds. The fraction of sp³-hybridized carbons (Fsp3) is 0.300. The van der Waals surface area contributed by atoms with E-state index in [-0.39, 0.29) is 12.0 Å². The average molecular weight is 208 g/mol. The molecule has 0 atom stereocenters. The van der Waals surface area contributed by atoms with Crippen LogP contribution in [0.5, 0.6) is 0 Å². The molecule has 0 fully saturated rings. The van der Waals surface area contributed by atoms with E-state index in [9.17, 15) is 9.59 Å². The highest BCUT2D eigenvalue weighted by molar-refractivity contribution is 5.96. The topological polar surface area (TPSA) is 82.3 Å². The number of ether oxygens (including phenoxy) is 1. The van der Waals surface area contributed by atoms with Gasteiger partial charge in [-0.1, -0.05) is 0 Å². The van der Waals surface area contributed by atoms with Gasteiger partial charge < -0.3 is 10.5 Å². The molecule has 5 heteroatoms. The zero-order valence-corrected chi connectivity index (χ0v) is 8.18. The first kappa shape index (κ1) is 11.3. The molecular formula is C10H12N2O3. The fourth-order valence-electron chi connectivity index (χ4n) is 0.943. The normalized spacial score (nSPS) is 9.67. The maximum absolute atomic E-state index is 11.3. The Labute approximate surface area is 87.3 Å². The molecule has 0 radical (unpaired) electrons. The van der Waals surface area contributed by atoms with Crippen LogP contribution in [-0.2, 0) is 9.53 Å². The molecule has 5 nitrogen and oxygen atoms in total. The summed E-state index contributed by atoms with van der Waals surface area (Å²) in [4.78, 5) is 26.1. The van der Waals surface area contributed by atoms with E-state index >= 15 is 0 Å². The molecule has 0 aliphatic rings. The van der Waals surface area contributed by atoms with Crippen LogP contribution >= 0.6 is 0 Å². The molecule has 1 rings (SSSR count). The summed E-state index contributed by atoms with van der Waals surface area (Å²) in [6.45, 7) is 0.399. The molecular weight excluding hydrogens is 196 g/mol. The summed E-state index contributed by atoms with van der Waals surface area (Å²) in [6.07, 6.45) is 3.55. The van der Waals surface area contributed by atoms with Gasteiger partial charge in [0.25, 0.3) is 0 Å². The van der Waals surface area contributed by atoms with Gasteiger partial charge in [-0.2, -0.15) is 0 Å². The van der Waals surface area contributed by atoms with Crippen LogP contribution in [0.15, 0.2) is 24.5 Å². The number of hydrogen-bond acceptors (Lipinski definition) is 5. The Morgan fingerprint density at radius 2 is 2.27 bits per heavy atom. The number of nitrogens with two attached hydrogens (primary N) is 1. The molecule has 15 heavy (non-hydrogen) atoms. The zero-order chi connectivity index (χ0) is 11.1. The van der Waals surface area contributed by atoms with E-state index in [1.807, 2.05) is 0 Å². The number of hydrogen-bond donors (Lipinski definition) is 1. The average Bonchev–Trinajstić information content (AvgIpc) is 2.27. The molecule has 0 bridgehead atoms. The second kappa shape index (κ2) is 5.87. The number of rotatable bonds is 4. The summed E-state index contributed by atoms with van der Waals surface area (Å²) in [7, 11) is 0. The molecule has 0 aliphatic carbocycles. The van der Waals surface area contributed by atoms with Crippen molar-refractivity contribution in [2.24, 2.45) is 5.73 Å². The second-order valence-electron chi connectivity index (χ2n) is 2.90. The van der Waals surface area contributed by atoms with Crippen LogP contribution < -0.4 is 5.73 Å². The minimum atomic E-state index is -0.676. The Morgan fingerprint density at radius 3 is 2.87 bits per heavy atom. The van der Waals surface area contributed by atoms with Crippen molar-refractivity contribution in [1.82, 2.24) is 4.98 Å².